The molecule has 0 aliphatic carbocycles. The van der Waals surface area contributed by atoms with Gasteiger partial charge in [0, 0.05) is 38.0 Å². The molecule has 0 spiro atoms. The molecule has 1 aromatic rings. The van der Waals surface area contributed by atoms with E-state index in [0.29, 0.717) is 13.2 Å². The largest absolute Gasteiger partial charge is 0.388 e. The molecule has 0 saturated carbocycles. The van der Waals surface area contributed by atoms with Crippen molar-refractivity contribution in [1.29, 1.82) is 0 Å². The summed E-state index contributed by atoms with van der Waals surface area (Å²) in [7, 11) is 3.53. The van der Waals surface area contributed by atoms with E-state index in [1.54, 1.807) is 7.11 Å². The number of anilines is 1. The van der Waals surface area contributed by atoms with E-state index in [2.05, 4.69) is 5.32 Å². The van der Waals surface area contributed by atoms with Crippen LogP contribution in [0.2, 0.25) is 0 Å². The first kappa shape index (κ1) is 15.5. The van der Waals surface area contributed by atoms with Crippen LogP contribution < -0.4 is 5.32 Å². The average molecular weight is 264 g/mol. The zero-order chi connectivity index (χ0) is 14.4. The molecule has 0 aliphatic rings. The molecule has 0 bridgehead atoms. The molecular formula is C15H24N2O2. The van der Waals surface area contributed by atoms with E-state index in [1.165, 1.54) is 0 Å². The maximum absolute atomic E-state index is 12.5. The van der Waals surface area contributed by atoms with Crippen LogP contribution in [-0.4, -0.2) is 44.2 Å². The molecule has 4 heteroatoms. The molecule has 106 valence electrons. The molecule has 0 fully saturated rings. The van der Waals surface area contributed by atoms with Crippen LogP contribution in [-0.2, 0) is 4.74 Å². The number of benzene rings is 1. The van der Waals surface area contributed by atoms with E-state index in [9.17, 15) is 4.79 Å². The SMILES string of the molecule is CNc1ccc(C(=O)N(CCOC)C(C)C)cc1C. The van der Waals surface area contributed by atoms with Gasteiger partial charge >= 0.3 is 0 Å². The van der Waals surface area contributed by atoms with Crippen molar-refractivity contribution in [3.8, 4) is 0 Å². The van der Waals surface area contributed by atoms with Crippen LogP contribution in [0.1, 0.15) is 29.8 Å². The van der Waals surface area contributed by atoms with Gasteiger partial charge in [0.25, 0.3) is 5.91 Å². The first-order valence-corrected chi connectivity index (χ1v) is 6.59. The molecule has 4 nitrogen and oxygen atoms in total. The van der Waals surface area contributed by atoms with Crippen molar-refractivity contribution in [2.75, 3.05) is 32.6 Å². The number of carbonyl (C=O) groups excluding carboxylic acids is 1. The van der Waals surface area contributed by atoms with Crippen LogP contribution in [0, 0.1) is 6.92 Å². The van der Waals surface area contributed by atoms with E-state index in [1.807, 2.05) is 50.9 Å². The standard InChI is InChI=1S/C15H24N2O2/c1-11(2)17(8-9-19-5)15(18)13-6-7-14(16-4)12(3)10-13/h6-7,10-11,16H,8-9H2,1-5H3. The summed E-state index contributed by atoms with van der Waals surface area (Å²) in [6.45, 7) is 7.19. The van der Waals surface area contributed by atoms with Gasteiger partial charge < -0.3 is 15.0 Å². The maximum atomic E-state index is 12.5. The van der Waals surface area contributed by atoms with Crippen LogP contribution in [0.15, 0.2) is 18.2 Å². The summed E-state index contributed by atoms with van der Waals surface area (Å²) in [6.07, 6.45) is 0. The molecule has 1 aromatic carbocycles. The van der Waals surface area contributed by atoms with Crippen LogP contribution in [0.4, 0.5) is 5.69 Å². The molecule has 0 heterocycles. The Kier molecular flexibility index (Phi) is 5.83. The molecule has 0 radical (unpaired) electrons. The number of nitrogens with one attached hydrogen (secondary N) is 1. The first-order chi connectivity index (χ1) is 9.01. The van der Waals surface area contributed by atoms with Crippen LogP contribution >= 0.6 is 0 Å². The van der Waals surface area contributed by atoms with Crippen LogP contribution in [0.5, 0.6) is 0 Å². The fraction of sp³-hybridized carbons (Fsp3) is 0.533. The molecular weight excluding hydrogens is 240 g/mol. The Morgan fingerprint density at radius 3 is 2.58 bits per heavy atom. The lowest BCUT2D eigenvalue weighted by Gasteiger charge is -2.26. The Hall–Kier alpha value is -1.55. The van der Waals surface area contributed by atoms with E-state index in [-0.39, 0.29) is 11.9 Å². The molecule has 1 N–H and O–H groups in total. The topological polar surface area (TPSA) is 41.6 Å². The highest BCUT2D eigenvalue weighted by molar-refractivity contribution is 5.95. The summed E-state index contributed by atoms with van der Waals surface area (Å²) < 4.78 is 5.06. The molecule has 0 aromatic heterocycles. The van der Waals surface area contributed by atoms with Gasteiger partial charge in [0.1, 0.15) is 0 Å². The minimum Gasteiger partial charge on any atom is -0.388 e. The van der Waals surface area contributed by atoms with Crippen molar-refractivity contribution in [3.63, 3.8) is 0 Å². The molecule has 19 heavy (non-hydrogen) atoms. The van der Waals surface area contributed by atoms with Crippen molar-refractivity contribution in [3.05, 3.63) is 29.3 Å². The Morgan fingerprint density at radius 2 is 2.11 bits per heavy atom. The summed E-state index contributed by atoms with van der Waals surface area (Å²) in [5.41, 5.74) is 2.84. The number of ether oxygens (including phenoxy) is 1. The van der Waals surface area contributed by atoms with E-state index in [0.717, 1.165) is 16.8 Å². The number of aryl methyl sites for hydroxylation is 1. The first-order valence-electron chi connectivity index (χ1n) is 6.59. The van der Waals surface area contributed by atoms with Crippen molar-refractivity contribution >= 4 is 11.6 Å². The highest BCUT2D eigenvalue weighted by atomic mass is 16.5. The predicted octanol–water partition coefficient (Wildman–Crippen LogP) is 2.53. The third kappa shape index (κ3) is 3.96. The number of amides is 1. The third-order valence-corrected chi connectivity index (χ3v) is 3.16. The van der Waals surface area contributed by atoms with Gasteiger partial charge in [0.05, 0.1) is 6.61 Å². The van der Waals surface area contributed by atoms with Gasteiger partial charge in [-0.3, -0.25) is 4.79 Å². The van der Waals surface area contributed by atoms with Gasteiger partial charge in [-0.1, -0.05) is 0 Å². The zero-order valence-corrected chi connectivity index (χ0v) is 12.5. The summed E-state index contributed by atoms with van der Waals surface area (Å²) in [6, 6.07) is 5.89. The molecule has 0 unspecified atom stereocenters. The normalized spacial score (nSPS) is 10.6. The number of hydrogen-bond donors (Lipinski definition) is 1. The minimum absolute atomic E-state index is 0.0535. The van der Waals surface area contributed by atoms with Gasteiger partial charge in [-0.25, -0.2) is 0 Å². The van der Waals surface area contributed by atoms with Crippen molar-refractivity contribution in [2.24, 2.45) is 0 Å². The monoisotopic (exact) mass is 264 g/mol. The van der Waals surface area contributed by atoms with Gasteiger partial charge in [0.2, 0.25) is 0 Å². The lowest BCUT2D eigenvalue weighted by molar-refractivity contribution is 0.0635. The third-order valence-electron chi connectivity index (χ3n) is 3.16. The number of rotatable bonds is 6. The second kappa shape index (κ2) is 7.14. The second-order valence-electron chi connectivity index (χ2n) is 4.86. The number of methoxy groups -OCH3 is 1. The summed E-state index contributed by atoms with van der Waals surface area (Å²) >= 11 is 0. The Bertz CT molecular complexity index is 430. The lowest BCUT2D eigenvalue weighted by atomic mass is 10.1. The van der Waals surface area contributed by atoms with Gasteiger partial charge in [-0.05, 0) is 44.5 Å². The quantitative estimate of drug-likeness (QED) is 0.858. The maximum Gasteiger partial charge on any atom is 0.254 e. The fourth-order valence-electron chi connectivity index (χ4n) is 2.03. The minimum atomic E-state index is 0.0535. The summed E-state index contributed by atoms with van der Waals surface area (Å²) in [5, 5.41) is 3.10. The second-order valence-corrected chi connectivity index (χ2v) is 4.86. The van der Waals surface area contributed by atoms with E-state index < -0.39 is 0 Å². The Labute approximate surface area is 115 Å². The van der Waals surface area contributed by atoms with Gasteiger partial charge in [-0.2, -0.15) is 0 Å². The average Bonchev–Trinajstić information content (AvgIpc) is 2.38. The molecule has 1 amide bonds. The lowest BCUT2D eigenvalue weighted by Crippen LogP contribution is -2.39. The summed E-state index contributed by atoms with van der Waals surface area (Å²) in [5.74, 6) is 0.0535. The smallest absolute Gasteiger partial charge is 0.254 e. The van der Waals surface area contributed by atoms with E-state index >= 15 is 0 Å². The van der Waals surface area contributed by atoms with Gasteiger partial charge in [0.15, 0.2) is 0 Å². The van der Waals surface area contributed by atoms with Crippen molar-refractivity contribution in [1.82, 2.24) is 4.90 Å². The highest BCUT2D eigenvalue weighted by Gasteiger charge is 2.18. The zero-order valence-electron chi connectivity index (χ0n) is 12.5. The van der Waals surface area contributed by atoms with Crippen LogP contribution in [0.25, 0.3) is 0 Å². The number of carbonyl (C=O) groups is 1. The molecule has 1 rings (SSSR count). The molecule has 0 saturated heterocycles. The van der Waals surface area contributed by atoms with Gasteiger partial charge in [-0.15, -0.1) is 0 Å². The number of hydrogen-bond acceptors (Lipinski definition) is 3. The fourth-order valence-corrected chi connectivity index (χ4v) is 2.03. The Balaban J connectivity index is 2.93. The van der Waals surface area contributed by atoms with E-state index in [4.69, 9.17) is 4.74 Å². The predicted molar refractivity (Wildman–Crippen MR) is 78.8 cm³/mol. The van der Waals surface area contributed by atoms with Crippen molar-refractivity contribution < 1.29 is 9.53 Å². The van der Waals surface area contributed by atoms with Crippen LogP contribution in [0.3, 0.4) is 0 Å². The molecule has 0 aliphatic heterocycles. The molecule has 0 atom stereocenters. The highest BCUT2D eigenvalue weighted by Crippen LogP contribution is 2.17. The van der Waals surface area contributed by atoms with Crippen molar-refractivity contribution in [2.45, 2.75) is 26.8 Å². The Morgan fingerprint density at radius 1 is 1.42 bits per heavy atom. The summed E-state index contributed by atoms with van der Waals surface area (Å²) in [4.78, 5) is 14.3. The number of nitrogens with zero attached hydrogens (tertiary/aromatic N) is 1.